The van der Waals surface area contributed by atoms with E-state index in [-0.39, 0.29) is 31.0 Å². The number of nitrogens with zero attached hydrogens (tertiary/aromatic N) is 4. The number of rotatable bonds is 8. The maximum atomic E-state index is 12.8. The highest BCUT2D eigenvalue weighted by Gasteiger charge is 2.17. The summed E-state index contributed by atoms with van der Waals surface area (Å²) in [5.41, 5.74) is 0.762. The number of fused-ring (bicyclic) bond motifs is 1. The van der Waals surface area contributed by atoms with Gasteiger partial charge in [-0.15, -0.1) is 0 Å². The zero-order valence-electron chi connectivity index (χ0n) is 18.4. The molecule has 2 aromatic heterocycles. The molecule has 0 aliphatic heterocycles. The van der Waals surface area contributed by atoms with Crippen LogP contribution in [0.1, 0.15) is 32.2 Å². The van der Waals surface area contributed by atoms with Crippen molar-refractivity contribution in [2.24, 2.45) is 7.05 Å². The Morgan fingerprint density at radius 2 is 1.84 bits per heavy atom. The minimum atomic E-state index is -0.470. The number of carbonyl (C=O) groups excluding carboxylic acids is 1. The molecule has 0 atom stereocenters. The first-order valence-corrected chi connectivity index (χ1v) is 10.7. The van der Waals surface area contributed by atoms with Crippen molar-refractivity contribution in [3.8, 4) is 5.75 Å². The highest BCUT2D eigenvalue weighted by Crippen LogP contribution is 2.26. The predicted molar refractivity (Wildman–Crippen MR) is 123 cm³/mol. The highest BCUT2D eigenvalue weighted by molar-refractivity contribution is 6.32. The van der Waals surface area contributed by atoms with E-state index in [9.17, 15) is 14.4 Å². The molecule has 0 aliphatic rings. The maximum absolute atomic E-state index is 12.8. The molecule has 9 nitrogen and oxygen atoms in total. The predicted octanol–water partition coefficient (Wildman–Crippen LogP) is 2.70. The number of esters is 1. The van der Waals surface area contributed by atoms with Gasteiger partial charge >= 0.3 is 11.7 Å². The third kappa shape index (κ3) is 4.47. The first-order valence-electron chi connectivity index (χ1n) is 10.3. The average Bonchev–Trinajstić information content (AvgIpc) is 3.08. The molecule has 0 aliphatic carbocycles. The van der Waals surface area contributed by atoms with Crippen molar-refractivity contribution in [2.45, 2.75) is 33.9 Å². The van der Waals surface area contributed by atoms with Crippen molar-refractivity contribution < 1.29 is 14.3 Å². The van der Waals surface area contributed by atoms with Crippen LogP contribution in [0.25, 0.3) is 23.3 Å². The molecule has 3 aromatic rings. The van der Waals surface area contributed by atoms with Gasteiger partial charge in [-0.05, 0) is 44.5 Å². The summed E-state index contributed by atoms with van der Waals surface area (Å²) < 4.78 is 14.6. The first kappa shape index (κ1) is 23.3. The molecule has 0 saturated heterocycles. The fourth-order valence-corrected chi connectivity index (χ4v) is 3.58. The molecule has 0 unspecified atom stereocenters. The highest BCUT2D eigenvalue weighted by atomic mass is 35.5. The second-order valence-corrected chi connectivity index (χ2v) is 7.30. The van der Waals surface area contributed by atoms with Gasteiger partial charge in [-0.3, -0.25) is 13.9 Å². The number of hydrogen-bond acceptors (Lipinski definition) is 6. The molecule has 0 bridgehead atoms. The maximum Gasteiger partial charge on any atom is 0.344 e. The van der Waals surface area contributed by atoms with Crippen molar-refractivity contribution in [1.82, 2.24) is 18.7 Å². The molecule has 10 heteroatoms. The summed E-state index contributed by atoms with van der Waals surface area (Å²) in [5, 5.41) is 0.340. The van der Waals surface area contributed by atoms with E-state index in [1.165, 1.54) is 9.13 Å². The molecule has 0 saturated carbocycles. The van der Waals surface area contributed by atoms with E-state index < -0.39 is 5.97 Å². The van der Waals surface area contributed by atoms with Crippen LogP contribution < -0.4 is 16.0 Å². The Labute approximate surface area is 189 Å². The quantitative estimate of drug-likeness (QED) is 0.479. The lowest BCUT2D eigenvalue weighted by Crippen LogP contribution is -2.39. The van der Waals surface area contributed by atoms with Crippen LogP contribution in [0.5, 0.6) is 5.75 Å². The first-order chi connectivity index (χ1) is 15.3. The summed E-state index contributed by atoms with van der Waals surface area (Å²) in [6.45, 7) is 6.06. The summed E-state index contributed by atoms with van der Waals surface area (Å²) >= 11 is 6.26. The van der Waals surface area contributed by atoms with E-state index in [0.717, 1.165) is 5.56 Å². The molecule has 0 fully saturated rings. The molecular formula is C22H25ClN4O5. The Bertz CT molecular complexity index is 1300. The van der Waals surface area contributed by atoms with Crippen LogP contribution >= 0.6 is 11.6 Å². The number of hydrogen-bond donors (Lipinski definition) is 0. The number of carbonyl (C=O) groups is 1. The van der Waals surface area contributed by atoms with E-state index in [1.54, 1.807) is 55.8 Å². The Morgan fingerprint density at radius 3 is 2.47 bits per heavy atom. The Balaban J connectivity index is 1.92. The van der Waals surface area contributed by atoms with Gasteiger partial charge in [0.25, 0.3) is 5.56 Å². The standard InChI is InChI=1S/C22H25ClN4O5/c1-5-26-20-19(21(29)27(6-2)22(26)30)25(4)17(24-20)11-9-14-8-10-16(15(23)12-14)32-13-18(28)31-7-3/h8-12H,5-7,13H2,1-4H3. The molecule has 170 valence electrons. The second kappa shape index (κ2) is 9.86. The van der Waals surface area contributed by atoms with Crippen LogP contribution in [0.15, 0.2) is 27.8 Å². The van der Waals surface area contributed by atoms with Crippen LogP contribution in [-0.2, 0) is 29.7 Å². The fourth-order valence-electron chi connectivity index (χ4n) is 3.34. The van der Waals surface area contributed by atoms with Gasteiger partial charge in [-0.2, -0.15) is 0 Å². The molecule has 32 heavy (non-hydrogen) atoms. The Hall–Kier alpha value is -3.33. The van der Waals surface area contributed by atoms with Crippen molar-refractivity contribution in [3.63, 3.8) is 0 Å². The summed E-state index contributed by atoms with van der Waals surface area (Å²) in [7, 11) is 1.74. The van der Waals surface area contributed by atoms with Gasteiger partial charge in [0.2, 0.25) is 0 Å². The Morgan fingerprint density at radius 1 is 1.12 bits per heavy atom. The summed E-state index contributed by atoms with van der Waals surface area (Å²) in [6.07, 6.45) is 3.53. The van der Waals surface area contributed by atoms with Gasteiger partial charge in [0, 0.05) is 20.1 Å². The summed E-state index contributed by atoms with van der Waals surface area (Å²) in [5.74, 6) is 0.417. The second-order valence-electron chi connectivity index (χ2n) is 6.89. The lowest BCUT2D eigenvalue weighted by atomic mass is 10.2. The number of aromatic nitrogens is 4. The summed E-state index contributed by atoms with van der Waals surface area (Å²) in [4.78, 5) is 41.3. The molecular weight excluding hydrogens is 436 g/mol. The minimum Gasteiger partial charge on any atom is -0.480 e. The van der Waals surface area contributed by atoms with Crippen LogP contribution in [0.2, 0.25) is 5.02 Å². The molecule has 0 radical (unpaired) electrons. The third-order valence-corrected chi connectivity index (χ3v) is 5.24. The van der Waals surface area contributed by atoms with E-state index in [2.05, 4.69) is 4.98 Å². The van der Waals surface area contributed by atoms with Crippen LogP contribution in [0.3, 0.4) is 0 Å². The van der Waals surface area contributed by atoms with Gasteiger partial charge in [0.15, 0.2) is 17.8 Å². The Kier molecular flexibility index (Phi) is 7.19. The number of aryl methyl sites for hydroxylation is 2. The number of ether oxygens (including phenoxy) is 2. The third-order valence-electron chi connectivity index (χ3n) is 4.94. The van der Waals surface area contributed by atoms with Gasteiger partial charge in [0.1, 0.15) is 11.6 Å². The normalized spacial score (nSPS) is 11.4. The molecule has 0 spiro atoms. The molecule has 0 N–H and O–H groups in total. The van der Waals surface area contributed by atoms with E-state index >= 15 is 0 Å². The van der Waals surface area contributed by atoms with Crippen LogP contribution in [0.4, 0.5) is 0 Å². The number of imidazole rings is 1. The smallest absolute Gasteiger partial charge is 0.344 e. The summed E-state index contributed by atoms with van der Waals surface area (Å²) in [6, 6.07) is 5.12. The largest absolute Gasteiger partial charge is 0.480 e. The average molecular weight is 461 g/mol. The zero-order chi connectivity index (χ0) is 23.4. The lowest BCUT2D eigenvalue weighted by Gasteiger charge is -2.08. The van der Waals surface area contributed by atoms with Crippen molar-refractivity contribution in [3.05, 3.63) is 55.4 Å². The zero-order valence-corrected chi connectivity index (χ0v) is 19.2. The fraction of sp³-hybridized carbons (Fsp3) is 0.364. The van der Waals surface area contributed by atoms with E-state index in [0.29, 0.717) is 34.3 Å². The van der Waals surface area contributed by atoms with E-state index in [1.807, 2.05) is 6.92 Å². The lowest BCUT2D eigenvalue weighted by molar-refractivity contribution is -0.145. The van der Waals surface area contributed by atoms with Crippen molar-refractivity contribution in [1.29, 1.82) is 0 Å². The van der Waals surface area contributed by atoms with E-state index in [4.69, 9.17) is 21.1 Å². The van der Waals surface area contributed by atoms with Gasteiger partial charge in [0.05, 0.1) is 11.6 Å². The molecule has 0 amide bonds. The molecule has 1 aromatic carbocycles. The molecule has 3 rings (SSSR count). The van der Waals surface area contributed by atoms with Crippen molar-refractivity contribution in [2.75, 3.05) is 13.2 Å². The topological polar surface area (TPSA) is 97.4 Å². The van der Waals surface area contributed by atoms with Gasteiger partial charge < -0.3 is 14.0 Å². The minimum absolute atomic E-state index is 0.225. The number of halogens is 1. The van der Waals surface area contributed by atoms with Crippen LogP contribution in [-0.4, -0.2) is 37.9 Å². The molecule has 2 heterocycles. The monoisotopic (exact) mass is 460 g/mol. The number of benzene rings is 1. The van der Waals surface area contributed by atoms with Gasteiger partial charge in [-0.25, -0.2) is 14.6 Å². The van der Waals surface area contributed by atoms with Crippen LogP contribution in [0, 0.1) is 0 Å². The van der Waals surface area contributed by atoms with Crippen molar-refractivity contribution >= 4 is 40.9 Å². The SMILES string of the molecule is CCOC(=O)COc1ccc(C=Cc2nc3c(c(=O)n(CC)c(=O)n3CC)n2C)cc1Cl. The van der Waals surface area contributed by atoms with Gasteiger partial charge in [-0.1, -0.05) is 23.7 Å².